The first-order valence-corrected chi connectivity index (χ1v) is 8.33. The topological polar surface area (TPSA) is 82.4 Å². The molecule has 0 bridgehead atoms. The predicted molar refractivity (Wildman–Crippen MR) is 68.6 cm³/mol. The Morgan fingerprint density at radius 2 is 1.26 bits per heavy atom. The summed E-state index contributed by atoms with van der Waals surface area (Å²) in [5.74, 6) is 0. The molecule has 6 nitrogen and oxygen atoms in total. The summed E-state index contributed by atoms with van der Waals surface area (Å²) in [4.78, 5) is 0. The predicted octanol–water partition coefficient (Wildman–Crippen LogP) is 2.21. The zero-order chi connectivity index (χ0) is 18.7. The van der Waals surface area contributed by atoms with Crippen LogP contribution >= 0.6 is 0 Å². The monoisotopic (exact) mass is 390 g/mol. The summed E-state index contributed by atoms with van der Waals surface area (Å²) in [7, 11) is -9.08. The van der Waals surface area contributed by atoms with Crippen LogP contribution < -0.4 is 0 Å². The molecule has 0 aromatic rings. The molecule has 0 aromatic heterocycles. The van der Waals surface area contributed by atoms with Gasteiger partial charge in [0.05, 0.1) is 20.3 Å². The van der Waals surface area contributed by atoms with Crippen molar-refractivity contribution >= 4 is 20.0 Å². The summed E-state index contributed by atoms with van der Waals surface area (Å²) >= 11 is 0. The molecule has 1 heterocycles. The average Bonchev–Trinajstić information content (AvgIpc) is 2.24. The van der Waals surface area contributed by atoms with Crippen LogP contribution in [-0.2, 0) is 20.0 Å². The highest BCUT2D eigenvalue weighted by atomic mass is 32.3. The van der Waals surface area contributed by atoms with Crippen LogP contribution in [0.2, 0.25) is 0 Å². The highest BCUT2D eigenvalue weighted by molar-refractivity contribution is 8.13. The van der Waals surface area contributed by atoms with Gasteiger partial charge in [-0.3, -0.25) is 4.48 Å². The normalized spacial score (nSPS) is 18.3. The highest BCUT2D eigenvalue weighted by Gasteiger charge is 2.46. The first kappa shape index (κ1) is 21.9. The van der Waals surface area contributed by atoms with Gasteiger partial charge in [0.15, 0.2) is 20.0 Å². The van der Waals surface area contributed by atoms with Gasteiger partial charge in [-0.05, 0) is 12.2 Å². The minimum Gasteiger partial charge on any atom is -0.421 e. The average molecular weight is 390 g/mol. The fraction of sp³-hybridized carbons (Fsp3) is 0.556. The second kappa shape index (κ2) is 6.78. The van der Waals surface area contributed by atoms with E-state index in [1.807, 2.05) is 0 Å². The van der Waals surface area contributed by atoms with E-state index in [1.54, 1.807) is 0 Å². The minimum absolute atomic E-state index is 0.778. The minimum atomic E-state index is -6.72. The second-order valence-corrected chi connectivity index (χ2v) is 8.07. The van der Waals surface area contributed by atoms with Crippen LogP contribution in [0.15, 0.2) is 24.4 Å². The highest BCUT2D eigenvalue weighted by Crippen LogP contribution is 2.36. The summed E-state index contributed by atoms with van der Waals surface area (Å²) in [6.07, 6.45) is 8.53. The van der Waals surface area contributed by atoms with Crippen LogP contribution in [0.5, 0.6) is 0 Å². The van der Waals surface area contributed by atoms with E-state index in [1.165, 1.54) is 0 Å². The lowest BCUT2D eigenvalue weighted by atomic mass is 10.3. The van der Waals surface area contributed by atoms with Crippen LogP contribution in [-0.4, -0.2) is 53.0 Å². The third kappa shape index (κ3) is 6.88. The van der Waals surface area contributed by atoms with E-state index in [4.69, 9.17) is 0 Å². The fourth-order valence-electron chi connectivity index (χ4n) is 0.968. The maximum Gasteiger partial charge on any atom is 0.480 e. The fourth-order valence-corrected chi connectivity index (χ4v) is 2.68. The number of rotatable bonds is 2. The van der Waals surface area contributed by atoms with E-state index < -0.39 is 31.1 Å². The molecule has 0 unspecified atom stereocenters. The third-order valence-corrected chi connectivity index (χ3v) is 4.83. The number of hydrogen-bond donors (Lipinski definition) is 0. The van der Waals surface area contributed by atoms with Gasteiger partial charge >= 0.3 is 11.0 Å². The molecular weight excluding hydrogens is 378 g/mol. The quantitative estimate of drug-likeness (QED) is 0.535. The molecule has 1 aliphatic rings. The Bertz CT molecular complexity index is 632. The molecule has 0 spiro atoms. The summed E-state index contributed by atoms with van der Waals surface area (Å²) in [5, 5.41) is 0. The van der Waals surface area contributed by atoms with Gasteiger partial charge in [-0.1, -0.05) is 6.08 Å². The number of sulfonamides is 2. The standard InChI is InChI=1S/C7H12N.C2F6NO4S2/c1-8(2)6-4-3-5-7-8;3-1(4,5)14(10,11)9-15(12,13)2(6,7)8/h3-6H,7H2,1-2H3;/q+1;-1. The molecule has 0 N–H and O–H groups in total. The SMILES string of the molecule is C[N+]1(C)C=CC=CC1.O=S(=O)([N-]S(=O)(=O)C(F)(F)F)C(F)(F)F. The van der Waals surface area contributed by atoms with E-state index in [2.05, 4.69) is 38.5 Å². The van der Waals surface area contributed by atoms with Crippen molar-refractivity contribution in [2.75, 3.05) is 20.6 Å². The van der Waals surface area contributed by atoms with E-state index in [0.29, 0.717) is 0 Å². The van der Waals surface area contributed by atoms with Crippen LogP contribution in [0.3, 0.4) is 0 Å². The molecule has 0 atom stereocenters. The summed E-state index contributed by atoms with van der Waals surface area (Å²) in [5.41, 5.74) is -12.4. The number of hydrogen-bond acceptors (Lipinski definition) is 4. The van der Waals surface area contributed by atoms with Crippen molar-refractivity contribution in [3.63, 3.8) is 0 Å². The van der Waals surface area contributed by atoms with Crippen molar-refractivity contribution in [3.05, 3.63) is 28.6 Å². The smallest absolute Gasteiger partial charge is 0.421 e. The van der Waals surface area contributed by atoms with E-state index >= 15 is 0 Å². The van der Waals surface area contributed by atoms with Gasteiger partial charge in [0.2, 0.25) is 0 Å². The molecule has 1 rings (SSSR count). The Labute approximate surface area is 128 Å². The molecule has 0 amide bonds. The van der Waals surface area contributed by atoms with Gasteiger partial charge in [0.25, 0.3) is 0 Å². The molecule has 0 radical (unpaired) electrons. The van der Waals surface area contributed by atoms with Crippen LogP contribution in [0.4, 0.5) is 26.3 Å². The van der Waals surface area contributed by atoms with Crippen molar-refractivity contribution < 1.29 is 47.7 Å². The molecule has 0 aromatic carbocycles. The molecule has 0 saturated carbocycles. The molecule has 136 valence electrons. The largest absolute Gasteiger partial charge is 0.480 e. The number of likely N-dealkylation sites (N-methyl/N-ethyl adjacent to an activating group) is 1. The van der Waals surface area contributed by atoms with Crippen molar-refractivity contribution in [1.82, 2.24) is 0 Å². The lowest BCUT2D eigenvalue weighted by Crippen LogP contribution is -2.34. The summed E-state index contributed by atoms with van der Waals surface area (Å²) < 4.78 is 110. The number of nitrogens with zero attached hydrogens (tertiary/aromatic N) is 2. The zero-order valence-corrected chi connectivity index (χ0v) is 13.3. The zero-order valence-electron chi connectivity index (χ0n) is 11.6. The summed E-state index contributed by atoms with van der Waals surface area (Å²) in [6, 6.07) is 0. The van der Waals surface area contributed by atoms with Gasteiger partial charge < -0.3 is 4.13 Å². The Hall–Kier alpha value is -1.12. The van der Waals surface area contributed by atoms with Crippen LogP contribution in [0.25, 0.3) is 4.13 Å². The molecule has 1 aliphatic heterocycles. The Morgan fingerprint density at radius 3 is 1.43 bits per heavy atom. The van der Waals surface area contributed by atoms with E-state index in [9.17, 15) is 43.2 Å². The van der Waals surface area contributed by atoms with Gasteiger partial charge in [-0.25, -0.2) is 16.8 Å². The van der Waals surface area contributed by atoms with Gasteiger partial charge in [-0.15, -0.1) is 0 Å². The number of halogens is 6. The molecule has 23 heavy (non-hydrogen) atoms. The first-order chi connectivity index (χ1) is 9.91. The van der Waals surface area contributed by atoms with Gasteiger partial charge in [-0.2, -0.15) is 26.3 Å². The Morgan fingerprint density at radius 1 is 0.870 bits per heavy atom. The number of quaternary nitrogens is 1. The Kier molecular flexibility index (Phi) is 6.45. The second-order valence-electron chi connectivity index (χ2n) is 4.65. The Balaban J connectivity index is 0.000000502. The molecule has 0 fully saturated rings. The maximum absolute atomic E-state index is 11.4. The van der Waals surface area contributed by atoms with Crippen molar-refractivity contribution in [1.29, 1.82) is 0 Å². The van der Waals surface area contributed by atoms with Crippen LogP contribution in [0, 0.1) is 0 Å². The lowest BCUT2D eigenvalue weighted by molar-refractivity contribution is -0.833. The summed E-state index contributed by atoms with van der Waals surface area (Å²) in [6.45, 7) is 1.12. The van der Waals surface area contributed by atoms with Gasteiger partial charge in [0.1, 0.15) is 6.54 Å². The van der Waals surface area contributed by atoms with Crippen molar-refractivity contribution in [2.24, 2.45) is 0 Å². The van der Waals surface area contributed by atoms with E-state index in [-0.39, 0.29) is 0 Å². The maximum atomic E-state index is 11.4. The van der Waals surface area contributed by atoms with Crippen molar-refractivity contribution in [3.8, 4) is 0 Å². The molecule has 14 heteroatoms. The third-order valence-electron chi connectivity index (χ3n) is 2.09. The number of alkyl halides is 6. The first-order valence-electron chi connectivity index (χ1n) is 5.45. The molecule has 0 aliphatic carbocycles. The van der Waals surface area contributed by atoms with Crippen molar-refractivity contribution in [2.45, 2.75) is 11.0 Å². The molecule has 0 saturated heterocycles. The van der Waals surface area contributed by atoms with Gasteiger partial charge in [0, 0.05) is 0 Å². The lowest BCUT2D eigenvalue weighted by Gasteiger charge is -2.24. The number of allylic oxidation sites excluding steroid dienone is 2. The molecular formula is C9H12F6N2O4S2. The van der Waals surface area contributed by atoms with E-state index in [0.717, 1.165) is 15.2 Å². The van der Waals surface area contributed by atoms with Crippen LogP contribution in [0.1, 0.15) is 0 Å².